The van der Waals surface area contributed by atoms with Crippen LogP contribution in [0.2, 0.25) is 0 Å². The van der Waals surface area contributed by atoms with Crippen molar-refractivity contribution < 1.29 is 14.0 Å². The second-order valence-corrected chi connectivity index (χ2v) is 6.46. The first-order valence-electron chi connectivity index (χ1n) is 7.48. The van der Waals surface area contributed by atoms with Crippen molar-refractivity contribution in [1.29, 1.82) is 0 Å². The molecule has 23 heavy (non-hydrogen) atoms. The summed E-state index contributed by atoms with van der Waals surface area (Å²) in [7, 11) is 0. The van der Waals surface area contributed by atoms with Gasteiger partial charge < -0.3 is 10.2 Å². The van der Waals surface area contributed by atoms with E-state index in [0.717, 1.165) is 4.88 Å². The first kappa shape index (κ1) is 15.7. The van der Waals surface area contributed by atoms with Crippen molar-refractivity contribution in [3.63, 3.8) is 0 Å². The zero-order valence-corrected chi connectivity index (χ0v) is 13.3. The third-order valence-electron chi connectivity index (χ3n) is 3.93. The molecule has 0 unspecified atom stereocenters. The fraction of sp³-hybridized carbons (Fsp3) is 0.294. The second kappa shape index (κ2) is 6.50. The monoisotopic (exact) mass is 332 g/mol. The summed E-state index contributed by atoms with van der Waals surface area (Å²) in [5.74, 6) is -1.62. The summed E-state index contributed by atoms with van der Waals surface area (Å²) >= 11 is 1.58. The van der Waals surface area contributed by atoms with E-state index < -0.39 is 17.5 Å². The molecule has 6 heteroatoms. The van der Waals surface area contributed by atoms with Crippen molar-refractivity contribution in [3.05, 3.63) is 52.7 Å². The fourth-order valence-corrected chi connectivity index (χ4v) is 3.36. The Labute approximate surface area is 137 Å². The number of para-hydroxylation sites is 1. The van der Waals surface area contributed by atoms with Crippen molar-refractivity contribution >= 4 is 28.8 Å². The van der Waals surface area contributed by atoms with Gasteiger partial charge in [0, 0.05) is 30.1 Å². The summed E-state index contributed by atoms with van der Waals surface area (Å²) in [5, 5.41) is 4.50. The summed E-state index contributed by atoms with van der Waals surface area (Å²) < 4.78 is 14.9. The van der Waals surface area contributed by atoms with Gasteiger partial charge >= 0.3 is 0 Å². The molecule has 1 N–H and O–H groups in total. The molecule has 1 fully saturated rings. The van der Waals surface area contributed by atoms with Crippen molar-refractivity contribution in [1.82, 2.24) is 5.32 Å². The number of nitrogens with one attached hydrogen (secondary N) is 1. The Morgan fingerprint density at radius 3 is 2.74 bits per heavy atom. The number of anilines is 1. The molecule has 120 valence electrons. The average Bonchev–Trinajstić information content (AvgIpc) is 3.18. The number of hydrogen-bond acceptors (Lipinski definition) is 3. The lowest BCUT2D eigenvalue weighted by Gasteiger charge is -2.19. The van der Waals surface area contributed by atoms with Gasteiger partial charge in [0.05, 0.1) is 0 Å². The number of carbonyl (C=O) groups is 2. The highest BCUT2D eigenvalue weighted by Crippen LogP contribution is 2.31. The lowest BCUT2D eigenvalue weighted by molar-refractivity contribution is -0.141. The Morgan fingerprint density at radius 1 is 1.26 bits per heavy atom. The zero-order valence-electron chi connectivity index (χ0n) is 12.5. The van der Waals surface area contributed by atoms with Crippen LogP contribution >= 0.6 is 11.3 Å². The molecule has 0 spiro atoms. The Bertz CT molecular complexity index is 690. The molecule has 4 nitrogen and oxygen atoms in total. The minimum atomic E-state index is -2.47. The van der Waals surface area contributed by atoms with Crippen LogP contribution in [0.5, 0.6) is 0 Å². The minimum absolute atomic E-state index is 0.119. The number of benzene rings is 1. The predicted octanol–water partition coefficient (Wildman–Crippen LogP) is 2.55. The van der Waals surface area contributed by atoms with Crippen molar-refractivity contribution in [2.24, 2.45) is 0 Å². The van der Waals surface area contributed by atoms with E-state index in [1.807, 2.05) is 23.6 Å². The fourth-order valence-electron chi connectivity index (χ4n) is 2.65. The average molecular weight is 332 g/mol. The van der Waals surface area contributed by atoms with Crippen LogP contribution in [0.4, 0.5) is 10.1 Å². The predicted molar refractivity (Wildman–Crippen MR) is 88.3 cm³/mol. The zero-order chi connectivity index (χ0) is 16.3. The molecular formula is C17H17FN2O2S. The highest BCUT2D eigenvalue weighted by atomic mass is 32.1. The Morgan fingerprint density at radius 2 is 2.04 bits per heavy atom. The smallest absolute Gasteiger partial charge is 0.274 e. The molecule has 2 amide bonds. The van der Waals surface area contributed by atoms with Crippen LogP contribution in [0, 0.1) is 0 Å². The molecule has 3 rings (SSSR count). The van der Waals surface area contributed by atoms with Crippen LogP contribution in [0.3, 0.4) is 0 Å². The van der Waals surface area contributed by atoms with Gasteiger partial charge in [0.1, 0.15) is 0 Å². The first-order valence-corrected chi connectivity index (χ1v) is 8.36. The Kier molecular flexibility index (Phi) is 4.43. The molecule has 0 saturated carbocycles. The molecule has 2 aromatic rings. The lowest BCUT2D eigenvalue weighted by Crippen LogP contribution is -2.49. The van der Waals surface area contributed by atoms with Gasteiger partial charge in [0.2, 0.25) is 0 Å². The standard InChI is InChI=1S/C17H17FN2O2S/c18-17(15(21)19-10-8-14-7-4-12-23-14)9-11-20(16(17)22)13-5-2-1-3-6-13/h1-7,12H,8-11H2,(H,19,21)/t17-/m1/s1. The molecule has 1 aliphatic rings. The summed E-state index contributed by atoms with van der Waals surface area (Å²) in [6.45, 7) is 0.529. The minimum Gasteiger partial charge on any atom is -0.352 e. The van der Waals surface area contributed by atoms with Gasteiger partial charge in [-0.3, -0.25) is 9.59 Å². The SMILES string of the molecule is O=C(NCCc1cccs1)[C@]1(F)CCN(c2ccccc2)C1=O. The van der Waals surface area contributed by atoms with E-state index in [1.54, 1.807) is 35.6 Å². The van der Waals surface area contributed by atoms with E-state index in [2.05, 4.69) is 5.32 Å². The number of thiophene rings is 1. The van der Waals surface area contributed by atoms with E-state index in [-0.39, 0.29) is 13.0 Å². The molecule has 1 aromatic heterocycles. The molecule has 0 aliphatic carbocycles. The quantitative estimate of drug-likeness (QED) is 0.856. The van der Waals surface area contributed by atoms with E-state index in [9.17, 15) is 14.0 Å². The van der Waals surface area contributed by atoms with Crippen LogP contribution in [0.25, 0.3) is 0 Å². The van der Waals surface area contributed by atoms with Gasteiger partial charge in [0.15, 0.2) is 0 Å². The van der Waals surface area contributed by atoms with Gasteiger partial charge in [0.25, 0.3) is 17.5 Å². The maximum Gasteiger partial charge on any atom is 0.274 e. The molecule has 2 heterocycles. The molecule has 1 atom stereocenters. The molecule has 1 aliphatic heterocycles. The second-order valence-electron chi connectivity index (χ2n) is 5.43. The van der Waals surface area contributed by atoms with E-state index in [0.29, 0.717) is 18.7 Å². The van der Waals surface area contributed by atoms with Crippen LogP contribution in [0.15, 0.2) is 47.8 Å². The summed E-state index contributed by atoms with van der Waals surface area (Å²) in [6, 6.07) is 12.7. The lowest BCUT2D eigenvalue weighted by atomic mass is 10.0. The van der Waals surface area contributed by atoms with E-state index >= 15 is 0 Å². The normalized spacial score (nSPS) is 20.7. The van der Waals surface area contributed by atoms with Crippen LogP contribution in [-0.4, -0.2) is 30.6 Å². The van der Waals surface area contributed by atoms with E-state index in [1.165, 1.54) is 4.90 Å². The number of alkyl halides is 1. The summed E-state index contributed by atoms with van der Waals surface area (Å²) in [5.41, 5.74) is -1.85. The van der Waals surface area contributed by atoms with Crippen molar-refractivity contribution in [3.8, 4) is 0 Å². The third kappa shape index (κ3) is 3.12. The number of halogens is 1. The molecule has 1 aromatic carbocycles. The number of carbonyl (C=O) groups excluding carboxylic acids is 2. The van der Waals surface area contributed by atoms with Crippen molar-refractivity contribution in [2.45, 2.75) is 18.5 Å². The van der Waals surface area contributed by atoms with Gasteiger partial charge in [-0.2, -0.15) is 0 Å². The van der Waals surface area contributed by atoms with Crippen molar-refractivity contribution in [2.75, 3.05) is 18.0 Å². The van der Waals surface area contributed by atoms with Crippen LogP contribution < -0.4 is 10.2 Å². The van der Waals surface area contributed by atoms with Gasteiger partial charge in [-0.1, -0.05) is 24.3 Å². The molecular weight excluding hydrogens is 315 g/mol. The van der Waals surface area contributed by atoms with Gasteiger partial charge in [-0.05, 0) is 30.0 Å². The summed E-state index contributed by atoms with van der Waals surface area (Å²) in [4.78, 5) is 27.0. The number of nitrogens with zero attached hydrogens (tertiary/aromatic N) is 1. The molecule has 0 bridgehead atoms. The highest BCUT2D eigenvalue weighted by molar-refractivity contribution is 7.09. The highest BCUT2D eigenvalue weighted by Gasteiger charge is 2.53. The molecule has 1 saturated heterocycles. The third-order valence-corrected chi connectivity index (χ3v) is 4.87. The number of rotatable bonds is 5. The maximum atomic E-state index is 14.9. The first-order chi connectivity index (χ1) is 11.1. The maximum absolute atomic E-state index is 14.9. The van der Waals surface area contributed by atoms with E-state index in [4.69, 9.17) is 0 Å². The van der Waals surface area contributed by atoms with Gasteiger partial charge in [-0.25, -0.2) is 4.39 Å². The largest absolute Gasteiger partial charge is 0.352 e. The Balaban J connectivity index is 1.62. The van der Waals surface area contributed by atoms with Crippen LogP contribution in [0.1, 0.15) is 11.3 Å². The topological polar surface area (TPSA) is 49.4 Å². The van der Waals surface area contributed by atoms with Gasteiger partial charge in [-0.15, -0.1) is 11.3 Å². The van der Waals surface area contributed by atoms with Crippen LogP contribution in [-0.2, 0) is 16.0 Å². The summed E-state index contributed by atoms with van der Waals surface area (Å²) in [6.07, 6.45) is 0.516. The Hall–Kier alpha value is -2.21. The number of hydrogen-bond donors (Lipinski definition) is 1. The molecule has 0 radical (unpaired) electrons. The number of amides is 2.